The summed E-state index contributed by atoms with van der Waals surface area (Å²) in [6.07, 6.45) is 2.82. The van der Waals surface area contributed by atoms with Crippen molar-refractivity contribution in [3.63, 3.8) is 0 Å². The van der Waals surface area contributed by atoms with Crippen LogP contribution in [0.3, 0.4) is 0 Å². The molecule has 0 radical (unpaired) electrons. The molecular weight excluding hydrogens is 254 g/mol. The van der Waals surface area contributed by atoms with Crippen molar-refractivity contribution in [1.29, 1.82) is 0 Å². The minimum Gasteiger partial charge on any atom is -0.356 e. The van der Waals surface area contributed by atoms with Crippen LogP contribution in [0.4, 0.5) is 0 Å². The number of guanidine groups is 1. The van der Waals surface area contributed by atoms with Crippen molar-refractivity contribution in [3.05, 3.63) is 47.9 Å². The molecule has 0 unspecified atom stereocenters. The molecule has 1 aromatic carbocycles. The van der Waals surface area contributed by atoms with Gasteiger partial charge in [0.15, 0.2) is 5.96 Å². The van der Waals surface area contributed by atoms with Gasteiger partial charge in [0, 0.05) is 24.8 Å². The van der Waals surface area contributed by atoms with Crippen LogP contribution < -0.4 is 10.6 Å². The third-order valence-electron chi connectivity index (χ3n) is 2.89. The Labute approximate surface area is 118 Å². The van der Waals surface area contributed by atoms with Crippen LogP contribution in [-0.2, 0) is 6.42 Å². The van der Waals surface area contributed by atoms with Gasteiger partial charge in [-0.15, -0.1) is 17.9 Å². The van der Waals surface area contributed by atoms with E-state index < -0.39 is 0 Å². The number of hydrogen-bond acceptors (Lipinski definition) is 2. The number of fused-ring (bicyclic) bond motifs is 1. The van der Waals surface area contributed by atoms with E-state index in [9.17, 15) is 0 Å². The number of thiophene rings is 1. The van der Waals surface area contributed by atoms with Crippen molar-refractivity contribution >= 4 is 27.4 Å². The minimum absolute atomic E-state index is 0.723. The fourth-order valence-electron chi connectivity index (χ4n) is 1.93. The van der Waals surface area contributed by atoms with Crippen LogP contribution >= 0.6 is 11.3 Å². The quantitative estimate of drug-likeness (QED) is 0.499. The third-order valence-corrected chi connectivity index (χ3v) is 3.90. The lowest BCUT2D eigenvalue weighted by Crippen LogP contribution is -2.38. The van der Waals surface area contributed by atoms with E-state index in [0.717, 1.165) is 25.5 Å². The van der Waals surface area contributed by atoms with Gasteiger partial charge in [0.2, 0.25) is 0 Å². The third kappa shape index (κ3) is 3.58. The first-order chi connectivity index (χ1) is 9.35. The van der Waals surface area contributed by atoms with Crippen LogP contribution in [-0.4, -0.2) is 26.1 Å². The maximum absolute atomic E-state index is 4.16. The highest BCUT2D eigenvalue weighted by molar-refractivity contribution is 7.17. The summed E-state index contributed by atoms with van der Waals surface area (Å²) in [6, 6.07) is 8.53. The zero-order valence-electron chi connectivity index (χ0n) is 11.1. The lowest BCUT2D eigenvalue weighted by atomic mass is 10.1. The molecule has 2 aromatic rings. The Bertz CT molecular complexity index is 572. The van der Waals surface area contributed by atoms with Gasteiger partial charge in [-0.05, 0) is 28.8 Å². The average Bonchev–Trinajstić information content (AvgIpc) is 2.86. The Morgan fingerprint density at radius 3 is 3.00 bits per heavy atom. The molecule has 0 aliphatic carbocycles. The fraction of sp³-hybridized carbons (Fsp3) is 0.267. The standard InChI is InChI=1S/C15H19N3S/c1-3-9-17-15(16-2)18-10-8-12-11-19-14-7-5-4-6-13(12)14/h3-7,11H,1,8-10H2,2H3,(H2,16,17,18). The fourth-order valence-corrected chi connectivity index (χ4v) is 2.93. The first-order valence-corrected chi connectivity index (χ1v) is 7.23. The van der Waals surface area contributed by atoms with Gasteiger partial charge in [0.25, 0.3) is 0 Å². The van der Waals surface area contributed by atoms with Crippen LogP contribution in [0.2, 0.25) is 0 Å². The molecule has 0 spiro atoms. The smallest absolute Gasteiger partial charge is 0.191 e. The van der Waals surface area contributed by atoms with E-state index >= 15 is 0 Å². The van der Waals surface area contributed by atoms with Gasteiger partial charge in [-0.3, -0.25) is 4.99 Å². The zero-order chi connectivity index (χ0) is 13.5. The first kappa shape index (κ1) is 13.6. The van der Waals surface area contributed by atoms with Crippen LogP contribution in [0.25, 0.3) is 10.1 Å². The molecule has 0 atom stereocenters. The van der Waals surface area contributed by atoms with Crippen LogP contribution in [0.1, 0.15) is 5.56 Å². The van der Waals surface area contributed by atoms with Crippen molar-refractivity contribution in [3.8, 4) is 0 Å². The summed E-state index contributed by atoms with van der Waals surface area (Å²) in [5.41, 5.74) is 1.40. The van der Waals surface area contributed by atoms with Crippen molar-refractivity contribution in [2.24, 2.45) is 4.99 Å². The predicted octanol–water partition coefficient (Wildman–Crippen LogP) is 2.79. The summed E-state index contributed by atoms with van der Waals surface area (Å²) < 4.78 is 1.35. The number of aliphatic imine (C=N–C) groups is 1. The topological polar surface area (TPSA) is 36.4 Å². The molecule has 2 rings (SSSR count). The van der Waals surface area contributed by atoms with E-state index in [1.54, 1.807) is 18.4 Å². The van der Waals surface area contributed by atoms with Gasteiger partial charge in [-0.25, -0.2) is 0 Å². The highest BCUT2D eigenvalue weighted by Gasteiger charge is 2.03. The molecule has 2 N–H and O–H groups in total. The van der Waals surface area contributed by atoms with Gasteiger partial charge in [0.05, 0.1) is 0 Å². The lowest BCUT2D eigenvalue weighted by Gasteiger charge is -2.09. The zero-order valence-corrected chi connectivity index (χ0v) is 12.0. The molecule has 19 heavy (non-hydrogen) atoms. The van der Waals surface area contributed by atoms with E-state index in [2.05, 4.69) is 51.9 Å². The molecule has 0 bridgehead atoms. The Balaban J connectivity index is 1.90. The normalized spacial score (nSPS) is 11.5. The predicted molar refractivity (Wildman–Crippen MR) is 85.1 cm³/mol. The first-order valence-electron chi connectivity index (χ1n) is 6.35. The van der Waals surface area contributed by atoms with Crippen LogP contribution in [0.15, 0.2) is 47.3 Å². The molecule has 0 fully saturated rings. The van der Waals surface area contributed by atoms with E-state index in [4.69, 9.17) is 0 Å². The van der Waals surface area contributed by atoms with Gasteiger partial charge < -0.3 is 10.6 Å². The number of rotatable bonds is 5. The van der Waals surface area contributed by atoms with E-state index in [1.165, 1.54) is 15.6 Å². The van der Waals surface area contributed by atoms with Gasteiger partial charge >= 0.3 is 0 Å². The summed E-state index contributed by atoms with van der Waals surface area (Å²) in [6.45, 7) is 5.27. The highest BCUT2D eigenvalue weighted by Crippen LogP contribution is 2.25. The Morgan fingerprint density at radius 1 is 1.37 bits per heavy atom. The van der Waals surface area contributed by atoms with E-state index in [-0.39, 0.29) is 0 Å². The van der Waals surface area contributed by atoms with Crippen LogP contribution in [0, 0.1) is 0 Å². The number of nitrogens with one attached hydrogen (secondary N) is 2. The summed E-state index contributed by atoms with van der Waals surface area (Å²) in [4.78, 5) is 4.16. The molecule has 4 heteroatoms. The van der Waals surface area contributed by atoms with Crippen molar-refractivity contribution in [2.45, 2.75) is 6.42 Å². The number of hydrogen-bond donors (Lipinski definition) is 2. The molecule has 0 saturated heterocycles. The average molecular weight is 273 g/mol. The second-order valence-corrected chi connectivity index (χ2v) is 5.09. The summed E-state index contributed by atoms with van der Waals surface area (Å²) in [5.74, 6) is 0.819. The Hall–Kier alpha value is -1.81. The summed E-state index contributed by atoms with van der Waals surface area (Å²) in [7, 11) is 1.78. The van der Waals surface area contributed by atoms with Crippen molar-refractivity contribution in [2.75, 3.05) is 20.1 Å². The molecule has 1 aromatic heterocycles. The monoisotopic (exact) mass is 273 g/mol. The van der Waals surface area contributed by atoms with E-state index in [1.807, 2.05) is 6.08 Å². The van der Waals surface area contributed by atoms with Gasteiger partial charge in [0.1, 0.15) is 0 Å². The number of benzene rings is 1. The summed E-state index contributed by atoms with van der Waals surface area (Å²) >= 11 is 1.81. The number of nitrogens with zero attached hydrogens (tertiary/aromatic N) is 1. The van der Waals surface area contributed by atoms with Crippen molar-refractivity contribution in [1.82, 2.24) is 10.6 Å². The molecule has 1 heterocycles. The lowest BCUT2D eigenvalue weighted by molar-refractivity contribution is 0.826. The molecular formula is C15H19N3S. The van der Waals surface area contributed by atoms with Gasteiger partial charge in [-0.1, -0.05) is 24.3 Å². The maximum Gasteiger partial charge on any atom is 0.191 e. The second kappa shape index (κ2) is 6.95. The molecule has 3 nitrogen and oxygen atoms in total. The largest absolute Gasteiger partial charge is 0.356 e. The van der Waals surface area contributed by atoms with E-state index in [0.29, 0.717) is 0 Å². The molecule has 0 saturated carbocycles. The van der Waals surface area contributed by atoms with Gasteiger partial charge in [-0.2, -0.15) is 0 Å². The minimum atomic E-state index is 0.723. The maximum atomic E-state index is 4.16. The summed E-state index contributed by atoms with van der Waals surface area (Å²) in [5, 5.41) is 10.1. The highest BCUT2D eigenvalue weighted by atomic mass is 32.1. The molecule has 0 amide bonds. The SMILES string of the molecule is C=CCNC(=NC)NCCc1csc2ccccc12. The van der Waals surface area contributed by atoms with Crippen molar-refractivity contribution < 1.29 is 0 Å². The van der Waals surface area contributed by atoms with Crippen LogP contribution in [0.5, 0.6) is 0 Å². The Morgan fingerprint density at radius 2 is 2.21 bits per heavy atom. The molecule has 100 valence electrons. The molecule has 0 aliphatic heterocycles. The second-order valence-electron chi connectivity index (χ2n) is 4.18. The molecule has 0 aliphatic rings. The Kier molecular flexibility index (Phi) is 4.98.